The van der Waals surface area contributed by atoms with Crippen molar-refractivity contribution >= 4 is 34.7 Å². The van der Waals surface area contributed by atoms with Gasteiger partial charge in [0.2, 0.25) is 5.91 Å². The van der Waals surface area contributed by atoms with Crippen LogP contribution in [-0.2, 0) is 11.3 Å². The van der Waals surface area contributed by atoms with E-state index in [2.05, 4.69) is 16.9 Å². The first-order valence-corrected chi connectivity index (χ1v) is 7.24. The van der Waals surface area contributed by atoms with Crippen LogP contribution in [0.2, 0.25) is 0 Å². The van der Waals surface area contributed by atoms with Crippen LogP contribution in [0, 0.1) is 0 Å². The highest BCUT2D eigenvalue weighted by molar-refractivity contribution is 8.00. The third kappa shape index (κ3) is 3.43. The van der Waals surface area contributed by atoms with E-state index < -0.39 is 17.2 Å². The zero-order valence-corrected chi connectivity index (χ0v) is 12.4. The average Bonchev–Trinajstić information content (AvgIpc) is 2.76. The number of fused-ring (bicyclic) bond motifs is 1. The van der Waals surface area contributed by atoms with Gasteiger partial charge in [0.15, 0.2) is 5.16 Å². The molecule has 0 saturated carbocycles. The second kappa shape index (κ2) is 6.45. The second-order valence-corrected chi connectivity index (χ2v) is 5.70. The van der Waals surface area contributed by atoms with Gasteiger partial charge in [-0.05, 0) is 19.1 Å². The van der Waals surface area contributed by atoms with Gasteiger partial charge in [-0.2, -0.15) is 0 Å². The van der Waals surface area contributed by atoms with Crippen molar-refractivity contribution in [2.45, 2.75) is 23.9 Å². The van der Waals surface area contributed by atoms with E-state index in [4.69, 9.17) is 5.73 Å². The number of amides is 3. The lowest BCUT2D eigenvalue weighted by Crippen LogP contribution is -2.39. The summed E-state index contributed by atoms with van der Waals surface area (Å²) in [6.45, 7) is 6.02. The Bertz CT molecular complexity index is 695. The minimum atomic E-state index is -0.855. The molecule has 0 aliphatic carbocycles. The molecule has 0 spiro atoms. The Morgan fingerprint density at radius 1 is 1.52 bits per heavy atom. The Balaban J connectivity index is 2.28. The predicted octanol–water partition coefficient (Wildman–Crippen LogP) is 1.90. The first-order chi connectivity index (χ1) is 10.0. The van der Waals surface area contributed by atoms with E-state index in [0.717, 1.165) is 11.0 Å². The van der Waals surface area contributed by atoms with Gasteiger partial charge < -0.3 is 10.3 Å². The van der Waals surface area contributed by atoms with Gasteiger partial charge in [0.1, 0.15) is 0 Å². The lowest BCUT2D eigenvalue weighted by Gasteiger charge is -2.11. The largest absolute Gasteiger partial charge is 0.351 e. The van der Waals surface area contributed by atoms with Crippen LogP contribution in [0.1, 0.15) is 6.92 Å². The van der Waals surface area contributed by atoms with Gasteiger partial charge in [-0.25, -0.2) is 9.78 Å². The van der Waals surface area contributed by atoms with E-state index >= 15 is 0 Å². The molecule has 0 radical (unpaired) electrons. The lowest BCUT2D eigenvalue weighted by atomic mass is 10.3. The van der Waals surface area contributed by atoms with E-state index in [1.54, 1.807) is 13.0 Å². The number of nitrogens with two attached hydrogens (primary N) is 1. The van der Waals surface area contributed by atoms with E-state index in [1.165, 1.54) is 11.8 Å². The summed E-state index contributed by atoms with van der Waals surface area (Å²) in [5.41, 5.74) is 6.77. The number of urea groups is 1. The summed E-state index contributed by atoms with van der Waals surface area (Å²) in [7, 11) is 0. The molecule has 110 valence electrons. The number of benzene rings is 1. The molecular weight excluding hydrogens is 288 g/mol. The number of primary amides is 1. The summed E-state index contributed by atoms with van der Waals surface area (Å²) in [6.07, 6.45) is 1.77. The quantitative estimate of drug-likeness (QED) is 0.652. The van der Waals surface area contributed by atoms with Crippen molar-refractivity contribution in [2.24, 2.45) is 5.73 Å². The maximum absolute atomic E-state index is 11.8. The molecule has 0 saturated heterocycles. The number of aromatic nitrogens is 2. The fourth-order valence-corrected chi connectivity index (χ4v) is 2.82. The van der Waals surface area contributed by atoms with Crippen LogP contribution < -0.4 is 11.1 Å². The number of hydrogen-bond donors (Lipinski definition) is 2. The van der Waals surface area contributed by atoms with Crippen molar-refractivity contribution in [2.75, 3.05) is 0 Å². The number of thioether (sulfide) groups is 1. The smallest absolute Gasteiger partial charge is 0.318 e. The van der Waals surface area contributed by atoms with Crippen LogP contribution in [-0.4, -0.2) is 26.7 Å². The molecule has 6 nitrogen and oxygen atoms in total. The summed E-state index contributed by atoms with van der Waals surface area (Å²) < 4.78 is 1.97. The predicted molar refractivity (Wildman–Crippen MR) is 83.0 cm³/mol. The number of imide groups is 1. The molecule has 1 aromatic heterocycles. The van der Waals surface area contributed by atoms with Crippen molar-refractivity contribution in [1.82, 2.24) is 14.9 Å². The molecule has 0 aliphatic rings. The SMILES string of the molecule is C=CCn1c(S[C@H](C)C(=O)NC(N)=O)nc2ccccc21. The zero-order chi connectivity index (χ0) is 15.4. The maximum atomic E-state index is 11.8. The molecular formula is C14H16N4O2S. The zero-order valence-electron chi connectivity index (χ0n) is 11.6. The van der Waals surface area contributed by atoms with Gasteiger partial charge in [0.25, 0.3) is 0 Å². The molecule has 1 atom stereocenters. The van der Waals surface area contributed by atoms with Crippen LogP contribution in [0.25, 0.3) is 11.0 Å². The molecule has 7 heteroatoms. The van der Waals surface area contributed by atoms with Crippen LogP contribution in [0.3, 0.4) is 0 Å². The molecule has 2 aromatic rings. The van der Waals surface area contributed by atoms with Gasteiger partial charge in [-0.1, -0.05) is 30.0 Å². The van der Waals surface area contributed by atoms with E-state index in [-0.39, 0.29) is 0 Å². The van der Waals surface area contributed by atoms with Gasteiger partial charge in [0, 0.05) is 6.54 Å². The van der Waals surface area contributed by atoms with Crippen LogP contribution in [0.5, 0.6) is 0 Å². The first-order valence-electron chi connectivity index (χ1n) is 6.36. The minimum Gasteiger partial charge on any atom is -0.351 e. The highest BCUT2D eigenvalue weighted by Crippen LogP contribution is 2.27. The fourth-order valence-electron chi connectivity index (χ4n) is 1.88. The lowest BCUT2D eigenvalue weighted by molar-refractivity contribution is -0.119. The minimum absolute atomic E-state index is 0.440. The monoisotopic (exact) mass is 304 g/mol. The van der Waals surface area contributed by atoms with Crippen molar-refractivity contribution in [3.05, 3.63) is 36.9 Å². The average molecular weight is 304 g/mol. The summed E-state index contributed by atoms with van der Waals surface area (Å²) in [4.78, 5) is 27.0. The van der Waals surface area contributed by atoms with Gasteiger partial charge in [-0.15, -0.1) is 6.58 Å². The fraction of sp³-hybridized carbons (Fsp3) is 0.214. The van der Waals surface area contributed by atoms with Crippen LogP contribution in [0.15, 0.2) is 42.1 Å². The molecule has 21 heavy (non-hydrogen) atoms. The Kier molecular flexibility index (Phi) is 4.64. The number of para-hydroxylation sites is 2. The second-order valence-electron chi connectivity index (χ2n) is 4.40. The molecule has 1 aromatic carbocycles. The summed E-state index contributed by atoms with van der Waals surface area (Å²) in [6, 6.07) is 6.86. The van der Waals surface area contributed by atoms with Crippen molar-refractivity contribution in [3.8, 4) is 0 Å². The normalized spacial score (nSPS) is 12.0. The number of nitrogens with zero attached hydrogens (tertiary/aromatic N) is 2. The number of allylic oxidation sites excluding steroid dienone is 1. The topological polar surface area (TPSA) is 90.0 Å². The van der Waals surface area contributed by atoms with Gasteiger partial charge >= 0.3 is 6.03 Å². The standard InChI is InChI=1S/C14H16N4O2S/c1-3-8-18-11-7-5-4-6-10(11)16-14(18)21-9(2)12(19)17-13(15)20/h3-7,9H,1,8H2,2H3,(H3,15,17,19,20)/t9-/m1/s1. The van der Waals surface area contributed by atoms with E-state index in [0.29, 0.717) is 11.7 Å². The van der Waals surface area contributed by atoms with Crippen molar-refractivity contribution < 1.29 is 9.59 Å². The molecule has 2 rings (SSSR count). The molecule has 0 aliphatic heterocycles. The van der Waals surface area contributed by atoms with Crippen molar-refractivity contribution in [3.63, 3.8) is 0 Å². The Morgan fingerprint density at radius 3 is 2.90 bits per heavy atom. The summed E-state index contributed by atoms with van der Waals surface area (Å²) in [5.74, 6) is -0.440. The molecule has 3 N–H and O–H groups in total. The number of carbonyl (C=O) groups is 2. The number of nitrogens with one attached hydrogen (secondary N) is 1. The van der Waals surface area contributed by atoms with Gasteiger partial charge in [-0.3, -0.25) is 10.1 Å². The molecule has 0 bridgehead atoms. The van der Waals surface area contributed by atoms with Gasteiger partial charge in [0.05, 0.1) is 16.3 Å². The molecule has 3 amide bonds. The number of imidazole rings is 1. The summed E-state index contributed by atoms with van der Waals surface area (Å²) >= 11 is 1.27. The molecule has 1 heterocycles. The Morgan fingerprint density at radius 2 is 2.24 bits per heavy atom. The number of hydrogen-bond acceptors (Lipinski definition) is 4. The Hall–Kier alpha value is -2.28. The Labute approximate surface area is 126 Å². The van der Waals surface area contributed by atoms with Crippen molar-refractivity contribution in [1.29, 1.82) is 0 Å². The van der Waals surface area contributed by atoms with E-state index in [1.807, 2.05) is 28.8 Å². The van der Waals surface area contributed by atoms with Crippen LogP contribution in [0.4, 0.5) is 4.79 Å². The third-order valence-electron chi connectivity index (χ3n) is 2.83. The number of carbonyl (C=O) groups excluding carboxylic acids is 2. The van der Waals surface area contributed by atoms with Crippen LogP contribution >= 0.6 is 11.8 Å². The number of rotatable bonds is 5. The van der Waals surface area contributed by atoms with E-state index in [9.17, 15) is 9.59 Å². The maximum Gasteiger partial charge on any atom is 0.318 e. The molecule has 0 unspecified atom stereocenters. The first kappa shape index (κ1) is 15.1. The highest BCUT2D eigenvalue weighted by atomic mass is 32.2. The summed E-state index contributed by atoms with van der Waals surface area (Å²) in [5, 5.41) is 2.28. The highest BCUT2D eigenvalue weighted by Gasteiger charge is 2.19. The third-order valence-corrected chi connectivity index (χ3v) is 3.92. The molecule has 0 fully saturated rings.